The summed E-state index contributed by atoms with van der Waals surface area (Å²) in [4.78, 5) is 11.2. The lowest BCUT2D eigenvalue weighted by molar-refractivity contribution is -0.274. The van der Waals surface area contributed by atoms with Crippen molar-refractivity contribution in [2.75, 3.05) is 0 Å². The number of hydrogen-bond donors (Lipinski definition) is 1. The molecule has 1 N–H and O–H groups in total. The van der Waals surface area contributed by atoms with Gasteiger partial charge in [0, 0.05) is 5.02 Å². The summed E-state index contributed by atoms with van der Waals surface area (Å²) in [6.45, 7) is 0. The van der Waals surface area contributed by atoms with E-state index in [1.54, 1.807) is 0 Å². The molecule has 0 aromatic heterocycles. The van der Waals surface area contributed by atoms with Crippen LogP contribution in [0.1, 0.15) is 10.4 Å². The van der Waals surface area contributed by atoms with Crippen molar-refractivity contribution in [2.45, 2.75) is 6.36 Å². The highest BCUT2D eigenvalue weighted by Crippen LogP contribution is 2.31. The molecule has 21 heavy (non-hydrogen) atoms. The molecule has 0 radical (unpaired) electrons. The van der Waals surface area contributed by atoms with Gasteiger partial charge in [0.25, 0.3) is 0 Å². The predicted molar refractivity (Wildman–Crippen MR) is 70.5 cm³/mol. The van der Waals surface area contributed by atoms with Crippen LogP contribution < -0.4 is 4.74 Å². The lowest BCUT2D eigenvalue weighted by Crippen LogP contribution is -2.17. The number of aromatic carboxylic acids is 1. The van der Waals surface area contributed by atoms with Crippen LogP contribution in [0.5, 0.6) is 5.75 Å². The van der Waals surface area contributed by atoms with E-state index in [4.69, 9.17) is 16.7 Å². The zero-order valence-electron chi connectivity index (χ0n) is 10.3. The molecule has 0 aliphatic carbocycles. The van der Waals surface area contributed by atoms with E-state index in [0.29, 0.717) is 0 Å². The van der Waals surface area contributed by atoms with Gasteiger partial charge in [-0.15, -0.1) is 13.2 Å². The van der Waals surface area contributed by atoms with Crippen molar-refractivity contribution in [3.8, 4) is 16.9 Å². The van der Waals surface area contributed by atoms with Gasteiger partial charge in [-0.25, -0.2) is 4.79 Å². The second-order valence-corrected chi connectivity index (χ2v) is 4.51. The van der Waals surface area contributed by atoms with Crippen molar-refractivity contribution < 1.29 is 27.8 Å². The van der Waals surface area contributed by atoms with Crippen molar-refractivity contribution >= 4 is 17.6 Å². The number of carboxylic acids is 1. The molecule has 0 heterocycles. The molecule has 0 spiro atoms. The minimum atomic E-state index is -4.82. The molecule has 0 aliphatic rings. The summed E-state index contributed by atoms with van der Waals surface area (Å²) >= 11 is 5.81. The Morgan fingerprint density at radius 2 is 1.86 bits per heavy atom. The van der Waals surface area contributed by atoms with Crippen molar-refractivity contribution in [3.63, 3.8) is 0 Å². The molecule has 2 rings (SSSR count). The van der Waals surface area contributed by atoms with Gasteiger partial charge in [0.05, 0.1) is 5.56 Å². The molecule has 0 amide bonds. The summed E-state index contributed by atoms with van der Waals surface area (Å²) in [5, 5.41) is 9.39. The number of halogens is 4. The lowest BCUT2D eigenvalue weighted by atomic mass is 9.99. The van der Waals surface area contributed by atoms with Crippen LogP contribution in [0, 0.1) is 0 Å². The van der Waals surface area contributed by atoms with Gasteiger partial charge in [-0.3, -0.25) is 0 Å². The average Bonchev–Trinajstić information content (AvgIpc) is 2.36. The monoisotopic (exact) mass is 316 g/mol. The molecule has 3 nitrogen and oxygen atoms in total. The molecule has 0 saturated carbocycles. The quantitative estimate of drug-likeness (QED) is 0.900. The summed E-state index contributed by atoms with van der Waals surface area (Å²) < 4.78 is 40.4. The molecule has 0 atom stereocenters. The third-order valence-corrected chi connectivity index (χ3v) is 2.83. The Kier molecular flexibility index (Phi) is 4.09. The van der Waals surface area contributed by atoms with Gasteiger partial charge < -0.3 is 9.84 Å². The highest BCUT2D eigenvalue weighted by atomic mass is 35.5. The van der Waals surface area contributed by atoms with E-state index in [-0.39, 0.29) is 21.7 Å². The smallest absolute Gasteiger partial charge is 0.478 e. The third kappa shape index (κ3) is 3.88. The number of hydrogen-bond acceptors (Lipinski definition) is 2. The van der Waals surface area contributed by atoms with E-state index in [9.17, 15) is 18.0 Å². The minimum absolute atomic E-state index is 0.0661. The number of carbonyl (C=O) groups is 1. The predicted octanol–water partition coefficient (Wildman–Crippen LogP) is 4.60. The molecule has 0 bridgehead atoms. The number of alkyl halides is 3. The molecule has 0 fully saturated rings. The first-order valence-electron chi connectivity index (χ1n) is 5.65. The van der Waals surface area contributed by atoms with Crippen LogP contribution in [0.25, 0.3) is 11.1 Å². The van der Waals surface area contributed by atoms with E-state index in [2.05, 4.69) is 4.74 Å². The Morgan fingerprint density at radius 1 is 1.14 bits per heavy atom. The van der Waals surface area contributed by atoms with E-state index >= 15 is 0 Å². The van der Waals surface area contributed by atoms with Crippen LogP contribution in [-0.4, -0.2) is 17.4 Å². The Bertz CT molecular complexity index is 683. The highest BCUT2D eigenvalue weighted by molar-refractivity contribution is 6.31. The molecule has 110 valence electrons. The third-order valence-electron chi connectivity index (χ3n) is 2.59. The second-order valence-electron chi connectivity index (χ2n) is 4.07. The first-order valence-corrected chi connectivity index (χ1v) is 6.03. The Hall–Kier alpha value is -2.21. The number of rotatable bonds is 3. The summed E-state index contributed by atoms with van der Waals surface area (Å²) in [6, 6.07) is 9.09. The van der Waals surface area contributed by atoms with Crippen LogP contribution in [-0.2, 0) is 0 Å². The Balaban J connectivity index is 2.50. The van der Waals surface area contributed by atoms with Gasteiger partial charge in [-0.05, 0) is 41.5 Å². The standard InChI is InChI=1S/C14H8ClF3O3/c15-9-4-5-11(13(19)20)12(7-9)8-2-1-3-10(6-8)21-14(16,17)18/h1-7H,(H,19,20). The molecule has 0 unspecified atom stereocenters. The Morgan fingerprint density at radius 3 is 2.48 bits per heavy atom. The van der Waals surface area contributed by atoms with Crippen molar-refractivity contribution in [1.29, 1.82) is 0 Å². The van der Waals surface area contributed by atoms with E-state index < -0.39 is 18.1 Å². The van der Waals surface area contributed by atoms with Crippen molar-refractivity contribution in [2.24, 2.45) is 0 Å². The maximum absolute atomic E-state index is 12.2. The first-order chi connectivity index (χ1) is 9.76. The van der Waals surface area contributed by atoms with Crippen LogP contribution in [0.3, 0.4) is 0 Å². The van der Waals surface area contributed by atoms with Gasteiger partial charge in [-0.1, -0.05) is 23.7 Å². The zero-order chi connectivity index (χ0) is 15.6. The molecule has 0 saturated heterocycles. The molecule has 2 aromatic carbocycles. The average molecular weight is 317 g/mol. The summed E-state index contributed by atoms with van der Waals surface area (Å²) in [6.07, 6.45) is -4.82. The maximum atomic E-state index is 12.2. The normalized spacial score (nSPS) is 11.2. The summed E-state index contributed by atoms with van der Waals surface area (Å²) in [5.41, 5.74) is 0.405. The maximum Gasteiger partial charge on any atom is 0.573 e. The molecule has 0 aliphatic heterocycles. The van der Waals surface area contributed by atoms with Gasteiger partial charge in [0.1, 0.15) is 5.75 Å². The van der Waals surface area contributed by atoms with Crippen molar-refractivity contribution in [1.82, 2.24) is 0 Å². The molecular weight excluding hydrogens is 309 g/mol. The molecule has 2 aromatic rings. The van der Waals surface area contributed by atoms with Crippen LogP contribution >= 0.6 is 11.6 Å². The Labute approximate surface area is 122 Å². The van der Waals surface area contributed by atoms with Crippen molar-refractivity contribution in [3.05, 3.63) is 53.1 Å². The van der Waals surface area contributed by atoms with E-state index in [1.807, 2.05) is 0 Å². The fourth-order valence-electron chi connectivity index (χ4n) is 1.80. The number of benzene rings is 2. The summed E-state index contributed by atoms with van der Waals surface area (Å²) in [7, 11) is 0. The topological polar surface area (TPSA) is 46.5 Å². The first kappa shape index (κ1) is 15.2. The largest absolute Gasteiger partial charge is 0.573 e. The van der Waals surface area contributed by atoms with Crippen LogP contribution in [0.4, 0.5) is 13.2 Å². The van der Waals surface area contributed by atoms with E-state index in [1.165, 1.54) is 30.3 Å². The fourth-order valence-corrected chi connectivity index (χ4v) is 1.97. The van der Waals surface area contributed by atoms with Crippen LogP contribution in [0.2, 0.25) is 5.02 Å². The second kappa shape index (κ2) is 5.65. The van der Waals surface area contributed by atoms with Gasteiger partial charge in [0.2, 0.25) is 0 Å². The lowest BCUT2D eigenvalue weighted by Gasteiger charge is -2.11. The fraction of sp³-hybridized carbons (Fsp3) is 0.0714. The number of ether oxygens (including phenoxy) is 1. The number of carboxylic acid groups (broad SMARTS) is 1. The molecule has 7 heteroatoms. The van der Waals surface area contributed by atoms with E-state index in [0.717, 1.165) is 12.1 Å². The van der Waals surface area contributed by atoms with Crippen LogP contribution in [0.15, 0.2) is 42.5 Å². The molecular formula is C14H8ClF3O3. The minimum Gasteiger partial charge on any atom is -0.478 e. The van der Waals surface area contributed by atoms with Gasteiger partial charge >= 0.3 is 12.3 Å². The van der Waals surface area contributed by atoms with Gasteiger partial charge in [0.15, 0.2) is 0 Å². The highest BCUT2D eigenvalue weighted by Gasteiger charge is 2.31. The van der Waals surface area contributed by atoms with Gasteiger partial charge in [-0.2, -0.15) is 0 Å². The SMILES string of the molecule is O=C(O)c1ccc(Cl)cc1-c1cccc(OC(F)(F)F)c1. The zero-order valence-corrected chi connectivity index (χ0v) is 11.1. The summed E-state index contributed by atoms with van der Waals surface area (Å²) in [5.74, 6) is -1.64.